The van der Waals surface area contributed by atoms with Crippen molar-refractivity contribution in [2.45, 2.75) is 53.0 Å². The van der Waals surface area contributed by atoms with Crippen LogP contribution in [0.3, 0.4) is 0 Å². The molecule has 29 heavy (non-hydrogen) atoms. The standard InChI is InChI=1S/C22H26N4O3/c1-5-6-7-28-20-9-15-8-17(13(2)3)26-11-16(22-25-23-12-29-22)19(27)10-18(26)21(15)24-14(20)4/h9-13,17H,5-8H2,1-4H3/t17-/m0/s1. The van der Waals surface area contributed by atoms with E-state index in [9.17, 15) is 4.79 Å². The molecule has 0 saturated carbocycles. The Hall–Kier alpha value is -2.96. The van der Waals surface area contributed by atoms with Gasteiger partial charge in [-0.2, -0.15) is 0 Å². The van der Waals surface area contributed by atoms with Gasteiger partial charge in [0, 0.05) is 18.3 Å². The highest BCUT2D eigenvalue weighted by atomic mass is 16.5. The minimum atomic E-state index is -0.154. The van der Waals surface area contributed by atoms with E-state index in [0.29, 0.717) is 18.1 Å². The monoisotopic (exact) mass is 394 g/mol. The van der Waals surface area contributed by atoms with Gasteiger partial charge in [0.25, 0.3) is 5.89 Å². The van der Waals surface area contributed by atoms with Gasteiger partial charge in [0.05, 0.1) is 23.7 Å². The lowest BCUT2D eigenvalue weighted by molar-refractivity contribution is 0.304. The third-order valence-corrected chi connectivity index (χ3v) is 5.47. The Labute approximate surface area is 169 Å². The van der Waals surface area contributed by atoms with Crippen LogP contribution in [0.1, 0.15) is 50.9 Å². The van der Waals surface area contributed by atoms with Crippen molar-refractivity contribution in [3.8, 4) is 28.6 Å². The van der Waals surface area contributed by atoms with Crippen molar-refractivity contribution < 1.29 is 9.15 Å². The number of pyridine rings is 2. The van der Waals surface area contributed by atoms with Crippen molar-refractivity contribution in [3.63, 3.8) is 0 Å². The van der Waals surface area contributed by atoms with Gasteiger partial charge in [-0.05, 0) is 37.3 Å². The summed E-state index contributed by atoms with van der Waals surface area (Å²) in [5, 5.41) is 7.61. The van der Waals surface area contributed by atoms with Crippen LogP contribution in [0.15, 0.2) is 33.9 Å². The number of aromatic nitrogens is 4. The maximum absolute atomic E-state index is 12.8. The van der Waals surface area contributed by atoms with Crippen LogP contribution in [0.25, 0.3) is 22.8 Å². The fraction of sp³-hybridized carbons (Fsp3) is 0.455. The minimum Gasteiger partial charge on any atom is -0.492 e. The minimum absolute atomic E-state index is 0.154. The van der Waals surface area contributed by atoms with Crippen molar-refractivity contribution in [2.24, 2.45) is 5.92 Å². The summed E-state index contributed by atoms with van der Waals surface area (Å²) in [6.07, 6.45) is 6.00. The normalized spacial score (nSPS) is 15.3. The van der Waals surface area contributed by atoms with E-state index in [-0.39, 0.29) is 17.4 Å². The summed E-state index contributed by atoms with van der Waals surface area (Å²) < 4.78 is 13.4. The lowest BCUT2D eigenvalue weighted by Gasteiger charge is -2.33. The smallest absolute Gasteiger partial charge is 0.252 e. The fourth-order valence-electron chi connectivity index (χ4n) is 3.82. The lowest BCUT2D eigenvalue weighted by atomic mass is 9.89. The van der Waals surface area contributed by atoms with E-state index < -0.39 is 0 Å². The number of ether oxygens (including phenoxy) is 1. The molecule has 0 aliphatic carbocycles. The van der Waals surface area contributed by atoms with Crippen LogP contribution in [-0.4, -0.2) is 26.4 Å². The van der Waals surface area contributed by atoms with Crippen LogP contribution in [0.2, 0.25) is 0 Å². The first-order chi connectivity index (χ1) is 14.0. The molecule has 0 fully saturated rings. The van der Waals surface area contributed by atoms with E-state index in [1.54, 1.807) is 6.07 Å². The number of fused-ring (bicyclic) bond motifs is 3. The molecule has 1 aliphatic heterocycles. The molecule has 1 aliphatic rings. The van der Waals surface area contributed by atoms with E-state index in [2.05, 4.69) is 41.6 Å². The third-order valence-electron chi connectivity index (χ3n) is 5.47. The first-order valence-corrected chi connectivity index (χ1v) is 10.2. The van der Waals surface area contributed by atoms with E-state index in [4.69, 9.17) is 14.1 Å². The molecule has 3 aromatic rings. The van der Waals surface area contributed by atoms with Gasteiger partial charge in [-0.3, -0.25) is 4.79 Å². The molecular weight excluding hydrogens is 368 g/mol. The van der Waals surface area contributed by atoms with Gasteiger partial charge >= 0.3 is 0 Å². The molecule has 3 aromatic heterocycles. The second-order valence-electron chi connectivity index (χ2n) is 7.88. The van der Waals surface area contributed by atoms with Crippen molar-refractivity contribution >= 4 is 0 Å². The van der Waals surface area contributed by atoms with Crippen LogP contribution in [0, 0.1) is 12.8 Å². The van der Waals surface area contributed by atoms with Crippen molar-refractivity contribution in [2.75, 3.05) is 6.61 Å². The molecule has 152 valence electrons. The highest BCUT2D eigenvalue weighted by Crippen LogP contribution is 2.39. The predicted molar refractivity (Wildman–Crippen MR) is 110 cm³/mol. The molecule has 7 nitrogen and oxygen atoms in total. The maximum atomic E-state index is 12.8. The average molecular weight is 394 g/mol. The summed E-state index contributed by atoms with van der Waals surface area (Å²) in [6.45, 7) is 9.15. The number of aryl methyl sites for hydroxylation is 1. The summed E-state index contributed by atoms with van der Waals surface area (Å²) in [6, 6.07) is 3.92. The van der Waals surface area contributed by atoms with Crippen molar-refractivity contribution in [1.82, 2.24) is 19.7 Å². The lowest BCUT2D eigenvalue weighted by Crippen LogP contribution is -2.27. The zero-order valence-electron chi connectivity index (χ0n) is 17.3. The molecule has 0 spiro atoms. The summed E-state index contributed by atoms with van der Waals surface area (Å²) in [5.74, 6) is 1.44. The quantitative estimate of drug-likeness (QED) is 0.583. The van der Waals surface area contributed by atoms with Crippen LogP contribution >= 0.6 is 0 Å². The Balaban J connectivity index is 1.84. The fourth-order valence-corrected chi connectivity index (χ4v) is 3.82. The van der Waals surface area contributed by atoms with Crippen LogP contribution in [0.4, 0.5) is 0 Å². The van der Waals surface area contributed by atoms with Crippen LogP contribution in [-0.2, 0) is 6.42 Å². The topological polar surface area (TPSA) is 83.0 Å². The Kier molecular flexibility index (Phi) is 5.22. The molecule has 0 amide bonds. The largest absolute Gasteiger partial charge is 0.492 e. The molecular formula is C22H26N4O3. The molecule has 0 bridgehead atoms. The Morgan fingerprint density at radius 3 is 2.86 bits per heavy atom. The summed E-state index contributed by atoms with van der Waals surface area (Å²) in [5.41, 5.74) is 3.88. The predicted octanol–water partition coefficient (Wildman–Crippen LogP) is 4.20. The van der Waals surface area contributed by atoms with Crippen LogP contribution < -0.4 is 10.2 Å². The van der Waals surface area contributed by atoms with Crippen molar-refractivity contribution in [3.05, 3.63) is 46.2 Å². The van der Waals surface area contributed by atoms with Gasteiger partial charge in [0.2, 0.25) is 6.39 Å². The molecule has 0 N–H and O–H groups in total. The number of rotatable bonds is 6. The van der Waals surface area contributed by atoms with Gasteiger partial charge in [-0.15, -0.1) is 10.2 Å². The molecule has 7 heteroatoms. The first-order valence-electron chi connectivity index (χ1n) is 10.2. The van der Waals surface area contributed by atoms with Gasteiger partial charge in [0.1, 0.15) is 11.3 Å². The van der Waals surface area contributed by atoms with Crippen LogP contribution in [0.5, 0.6) is 5.75 Å². The average Bonchev–Trinajstić information content (AvgIpc) is 3.22. The molecule has 0 saturated heterocycles. The van der Waals surface area contributed by atoms with E-state index in [1.807, 2.05) is 13.1 Å². The van der Waals surface area contributed by atoms with E-state index >= 15 is 0 Å². The van der Waals surface area contributed by atoms with E-state index in [1.165, 1.54) is 6.39 Å². The molecule has 4 heterocycles. The molecule has 0 aromatic carbocycles. The zero-order valence-corrected chi connectivity index (χ0v) is 17.3. The highest BCUT2D eigenvalue weighted by molar-refractivity contribution is 5.66. The SMILES string of the molecule is CCCCOc1cc2c(nc1C)-c1cc(=O)c(-c3nnco3)cn1[C@H](C(C)C)C2. The van der Waals surface area contributed by atoms with Gasteiger partial charge < -0.3 is 13.7 Å². The molecule has 4 rings (SSSR count). The highest BCUT2D eigenvalue weighted by Gasteiger charge is 2.29. The van der Waals surface area contributed by atoms with Gasteiger partial charge in [-0.1, -0.05) is 27.2 Å². The summed E-state index contributed by atoms with van der Waals surface area (Å²) in [7, 11) is 0. The first kappa shape index (κ1) is 19.4. The molecule has 0 radical (unpaired) electrons. The second kappa shape index (κ2) is 7.81. The van der Waals surface area contributed by atoms with Crippen molar-refractivity contribution in [1.29, 1.82) is 0 Å². The maximum Gasteiger partial charge on any atom is 0.252 e. The van der Waals surface area contributed by atoms with E-state index in [0.717, 1.165) is 47.7 Å². The zero-order chi connectivity index (χ0) is 20.5. The van der Waals surface area contributed by atoms with Gasteiger partial charge in [-0.25, -0.2) is 4.98 Å². The molecule has 1 atom stereocenters. The third kappa shape index (κ3) is 3.57. The number of unbranched alkanes of at least 4 members (excludes halogenated alkanes) is 1. The molecule has 0 unspecified atom stereocenters. The summed E-state index contributed by atoms with van der Waals surface area (Å²) >= 11 is 0. The second-order valence-corrected chi connectivity index (χ2v) is 7.88. The number of hydrogen-bond donors (Lipinski definition) is 0. The number of nitrogens with zero attached hydrogens (tertiary/aromatic N) is 4. The summed E-state index contributed by atoms with van der Waals surface area (Å²) in [4.78, 5) is 17.6. The Morgan fingerprint density at radius 2 is 2.17 bits per heavy atom. The Bertz CT molecular complexity index is 1070. The number of hydrogen-bond acceptors (Lipinski definition) is 6. The Morgan fingerprint density at radius 1 is 1.34 bits per heavy atom. The van der Waals surface area contributed by atoms with Gasteiger partial charge in [0.15, 0.2) is 5.43 Å².